The van der Waals surface area contributed by atoms with Crippen molar-refractivity contribution in [2.45, 2.75) is 64.2 Å². The lowest BCUT2D eigenvalue weighted by atomic mass is 10.1. The van der Waals surface area contributed by atoms with Gasteiger partial charge in [0.15, 0.2) is 0 Å². The van der Waals surface area contributed by atoms with Gasteiger partial charge in [0.2, 0.25) is 0 Å². The third-order valence-electron chi connectivity index (χ3n) is 3.59. The molecule has 1 rings (SSSR count). The summed E-state index contributed by atoms with van der Waals surface area (Å²) in [6.07, 6.45) is 7.28. The Morgan fingerprint density at radius 3 is 2.78 bits per heavy atom. The van der Waals surface area contributed by atoms with E-state index in [-0.39, 0.29) is 6.10 Å². The van der Waals surface area contributed by atoms with E-state index in [1.807, 2.05) is 6.08 Å². The van der Waals surface area contributed by atoms with Gasteiger partial charge in [-0.15, -0.1) is 6.58 Å². The van der Waals surface area contributed by atoms with Gasteiger partial charge < -0.3 is 9.84 Å². The van der Waals surface area contributed by atoms with Crippen LogP contribution in [-0.2, 0) is 4.74 Å². The minimum atomic E-state index is -0.256. The molecule has 18 heavy (non-hydrogen) atoms. The van der Waals surface area contributed by atoms with Crippen molar-refractivity contribution in [3.63, 3.8) is 0 Å². The Bertz CT molecular complexity index is 225. The lowest BCUT2D eigenvalue weighted by Crippen LogP contribution is -2.43. The summed E-state index contributed by atoms with van der Waals surface area (Å²) in [4.78, 5) is 2.34. The van der Waals surface area contributed by atoms with Gasteiger partial charge >= 0.3 is 0 Å². The summed E-state index contributed by atoms with van der Waals surface area (Å²) in [5.41, 5.74) is 0. The zero-order chi connectivity index (χ0) is 13.4. The van der Waals surface area contributed by atoms with E-state index >= 15 is 0 Å². The minimum Gasteiger partial charge on any atom is -0.392 e. The fourth-order valence-electron chi connectivity index (χ4n) is 2.38. The highest BCUT2D eigenvalue weighted by Gasteiger charge is 2.21. The largest absolute Gasteiger partial charge is 0.392 e. The normalized spacial score (nSPS) is 22.4. The predicted molar refractivity (Wildman–Crippen MR) is 75.7 cm³/mol. The molecule has 2 atom stereocenters. The van der Waals surface area contributed by atoms with Crippen LogP contribution in [0.4, 0.5) is 0 Å². The molecule has 1 aliphatic rings. The van der Waals surface area contributed by atoms with Gasteiger partial charge in [0, 0.05) is 25.7 Å². The molecule has 0 amide bonds. The molecule has 0 spiro atoms. The first-order valence-electron chi connectivity index (χ1n) is 7.28. The van der Waals surface area contributed by atoms with Gasteiger partial charge in [-0.05, 0) is 46.0 Å². The number of rotatable bonds is 8. The Balaban J connectivity index is 2.35. The van der Waals surface area contributed by atoms with E-state index in [9.17, 15) is 5.11 Å². The lowest BCUT2D eigenvalue weighted by molar-refractivity contribution is -0.0205. The van der Waals surface area contributed by atoms with Crippen LogP contribution in [0.3, 0.4) is 0 Å². The van der Waals surface area contributed by atoms with E-state index in [1.54, 1.807) is 0 Å². The van der Waals surface area contributed by atoms with E-state index in [1.165, 1.54) is 12.8 Å². The maximum absolute atomic E-state index is 10.00. The Kier molecular flexibility index (Phi) is 7.56. The van der Waals surface area contributed by atoms with Crippen molar-refractivity contribution in [1.82, 2.24) is 4.90 Å². The zero-order valence-corrected chi connectivity index (χ0v) is 12.0. The van der Waals surface area contributed by atoms with Crippen molar-refractivity contribution < 1.29 is 9.84 Å². The molecule has 3 nitrogen and oxygen atoms in total. The van der Waals surface area contributed by atoms with Gasteiger partial charge in [-0.1, -0.05) is 6.08 Å². The third kappa shape index (κ3) is 5.98. The number of hydrogen-bond donors (Lipinski definition) is 1. The fraction of sp³-hybridized carbons (Fsp3) is 0.867. The van der Waals surface area contributed by atoms with Crippen LogP contribution >= 0.6 is 0 Å². The molecule has 0 aromatic rings. The molecular weight excluding hydrogens is 226 g/mol. The summed E-state index contributed by atoms with van der Waals surface area (Å²) in [6.45, 7) is 10.7. The summed E-state index contributed by atoms with van der Waals surface area (Å²) in [5, 5.41) is 10.00. The van der Waals surface area contributed by atoms with Gasteiger partial charge in [-0.3, -0.25) is 4.90 Å². The monoisotopic (exact) mass is 255 g/mol. The summed E-state index contributed by atoms with van der Waals surface area (Å²) in [6, 6.07) is 0.453. The van der Waals surface area contributed by atoms with Crippen molar-refractivity contribution in [3.8, 4) is 0 Å². The second kappa shape index (κ2) is 8.68. The van der Waals surface area contributed by atoms with Gasteiger partial charge in [0.05, 0.1) is 12.2 Å². The number of aliphatic hydroxyl groups is 1. The molecular formula is C15H29NO2. The van der Waals surface area contributed by atoms with Crippen molar-refractivity contribution in [3.05, 3.63) is 12.7 Å². The number of hydrogen-bond acceptors (Lipinski definition) is 3. The first-order valence-corrected chi connectivity index (χ1v) is 7.28. The van der Waals surface area contributed by atoms with Gasteiger partial charge in [0.25, 0.3) is 0 Å². The summed E-state index contributed by atoms with van der Waals surface area (Å²) in [5.74, 6) is 0. The topological polar surface area (TPSA) is 32.7 Å². The average Bonchev–Trinajstić information content (AvgIpc) is 2.36. The van der Waals surface area contributed by atoms with Crippen molar-refractivity contribution in [1.29, 1.82) is 0 Å². The van der Waals surface area contributed by atoms with E-state index < -0.39 is 0 Å². The molecule has 1 heterocycles. The molecule has 2 unspecified atom stereocenters. The van der Waals surface area contributed by atoms with Crippen LogP contribution in [0.25, 0.3) is 0 Å². The highest BCUT2D eigenvalue weighted by molar-refractivity contribution is 4.76. The number of aliphatic hydroxyl groups excluding tert-OH is 1. The molecule has 0 aliphatic carbocycles. The summed E-state index contributed by atoms with van der Waals surface area (Å²) < 4.78 is 5.78. The molecule has 106 valence electrons. The van der Waals surface area contributed by atoms with E-state index in [0.29, 0.717) is 12.1 Å². The van der Waals surface area contributed by atoms with Crippen molar-refractivity contribution in [2.75, 3.05) is 19.7 Å². The number of nitrogens with zero attached hydrogens (tertiary/aromatic N) is 1. The fourth-order valence-corrected chi connectivity index (χ4v) is 2.38. The molecule has 1 aliphatic heterocycles. The zero-order valence-electron chi connectivity index (χ0n) is 12.0. The summed E-state index contributed by atoms with van der Waals surface area (Å²) >= 11 is 0. The molecule has 1 N–H and O–H groups in total. The lowest BCUT2D eigenvalue weighted by Gasteiger charge is -2.33. The SMILES string of the molecule is C=CCCC(O)CN(CC1CCCCO1)C(C)C. The predicted octanol–water partition coefficient (Wildman–Crippen LogP) is 2.59. The Labute approximate surface area is 112 Å². The van der Waals surface area contributed by atoms with Crippen LogP contribution in [0.2, 0.25) is 0 Å². The number of allylic oxidation sites excluding steroid dienone is 1. The maximum Gasteiger partial charge on any atom is 0.0702 e. The first kappa shape index (κ1) is 15.7. The van der Waals surface area contributed by atoms with Crippen LogP contribution in [0.1, 0.15) is 46.0 Å². The second-order valence-corrected chi connectivity index (χ2v) is 5.56. The Morgan fingerprint density at radius 1 is 1.44 bits per heavy atom. The van der Waals surface area contributed by atoms with Crippen molar-refractivity contribution >= 4 is 0 Å². The standard InChI is InChI=1S/C15H29NO2/c1-4-5-8-14(17)11-16(13(2)3)12-15-9-6-7-10-18-15/h4,13-15,17H,1,5-12H2,2-3H3. The Morgan fingerprint density at radius 2 is 2.22 bits per heavy atom. The van der Waals surface area contributed by atoms with E-state index in [0.717, 1.165) is 39.0 Å². The van der Waals surface area contributed by atoms with E-state index in [2.05, 4.69) is 25.3 Å². The van der Waals surface area contributed by atoms with Gasteiger partial charge in [-0.2, -0.15) is 0 Å². The smallest absolute Gasteiger partial charge is 0.0702 e. The van der Waals surface area contributed by atoms with Crippen LogP contribution in [0.5, 0.6) is 0 Å². The van der Waals surface area contributed by atoms with Crippen LogP contribution in [-0.4, -0.2) is 48.0 Å². The van der Waals surface area contributed by atoms with Crippen LogP contribution < -0.4 is 0 Å². The van der Waals surface area contributed by atoms with Crippen LogP contribution in [0, 0.1) is 0 Å². The minimum absolute atomic E-state index is 0.256. The molecule has 0 aromatic carbocycles. The van der Waals surface area contributed by atoms with Gasteiger partial charge in [0.1, 0.15) is 0 Å². The second-order valence-electron chi connectivity index (χ2n) is 5.56. The highest BCUT2D eigenvalue weighted by Crippen LogP contribution is 2.15. The summed E-state index contributed by atoms with van der Waals surface area (Å²) in [7, 11) is 0. The molecule has 1 saturated heterocycles. The van der Waals surface area contributed by atoms with E-state index in [4.69, 9.17) is 4.74 Å². The molecule has 0 radical (unpaired) electrons. The maximum atomic E-state index is 10.00. The first-order chi connectivity index (χ1) is 8.63. The van der Waals surface area contributed by atoms with Gasteiger partial charge in [-0.25, -0.2) is 0 Å². The Hall–Kier alpha value is -0.380. The molecule has 0 saturated carbocycles. The molecule has 0 aromatic heterocycles. The highest BCUT2D eigenvalue weighted by atomic mass is 16.5. The molecule has 3 heteroatoms. The number of ether oxygens (including phenoxy) is 1. The van der Waals surface area contributed by atoms with Crippen LogP contribution in [0.15, 0.2) is 12.7 Å². The molecule has 1 fully saturated rings. The third-order valence-corrected chi connectivity index (χ3v) is 3.59. The van der Waals surface area contributed by atoms with Crippen molar-refractivity contribution in [2.24, 2.45) is 0 Å². The molecule has 0 bridgehead atoms. The quantitative estimate of drug-likeness (QED) is 0.677. The average molecular weight is 255 g/mol.